The fourth-order valence-electron chi connectivity index (χ4n) is 6.30. The van der Waals surface area contributed by atoms with Gasteiger partial charge in [0.15, 0.2) is 17.4 Å². The number of nitrogens with zero attached hydrogens (tertiary/aromatic N) is 8. The van der Waals surface area contributed by atoms with E-state index in [4.69, 9.17) is 34.1 Å². The molecule has 4 heterocycles. The topological polar surface area (TPSA) is 162 Å². The fourth-order valence-corrected chi connectivity index (χ4v) is 6.30. The van der Waals surface area contributed by atoms with Crippen molar-refractivity contribution >= 4 is 23.1 Å². The predicted molar refractivity (Wildman–Crippen MR) is 203 cm³/mol. The van der Waals surface area contributed by atoms with Gasteiger partial charge in [-0.1, -0.05) is 42.5 Å². The number of carbonyl (C=O) groups is 2. The van der Waals surface area contributed by atoms with E-state index >= 15 is 0 Å². The van der Waals surface area contributed by atoms with Crippen molar-refractivity contribution < 1.29 is 28.5 Å². The van der Waals surface area contributed by atoms with Gasteiger partial charge in [-0.3, -0.25) is 18.7 Å². The number of aromatic nitrogens is 8. The van der Waals surface area contributed by atoms with Gasteiger partial charge in [-0.2, -0.15) is 10.2 Å². The van der Waals surface area contributed by atoms with E-state index in [2.05, 4.69) is 15.5 Å². The standard InChI is InChI=1S/C40H39N9O6/c1-25-37(55-24-27-9-7-6-8-10-27)36(49(46-25)17-18-50)39-45-44-38(48(39)23-26-11-14-29(52-3)15-12-26)35-31-22-42-47(2)33(31)20-32(43-35)40(51)41-21-28-13-16-30(53-4)19-34(28)54-5/h6-16,18-20,22H,17,21,23-24H2,1-5H3,(H,41,51). The van der Waals surface area contributed by atoms with E-state index in [0.29, 0.717) is 62.6 Å². The predicted octanol–water partition coefficient (Wildman–Crippen LogP) is 5.18. The normalized spacial score (nSPS) is 11.1. The molecule has 0 unspecified atom stereocenters. The minimum atomic E-state index is -0.417. The van der Waals surface area contributed by atoms with Crippen LogP contribution in [0.2, 0.25) is 0 Å². The first kappa shape index (κ1) is 36.3. The van der Waals surface area contributed by atoms with Crippen LogP contribution in [0.25, 0.3) is 33.9 Å². The van der Waals surface area contributed by atoms with Crippen LogP contribution in [0.3, 0.4) is 0 Å². The first-order valence-corrected chi connectivity index (χ1v) is 17.4. The Labute approximate surface area is 316 Å². The van der Waals surface area contributed by atoms with Crippen molar-refractivity contribution in [2.24, 2.45) is 7.05 Å². The maximum atomic E-state index is 13.8. The lowest BCUT2D eigenvalue weighted by atomic mass is 10.1. The molecular formula is C40H39N9O6. The zero-order chi connectivity index (χ0) is 38.5. The van der Waals surface area contributed by atoms with Gasteiger partial charge in [0.1, 0.15) is 52.9 Å². The highest BCUT2D eigenvalue weighted by molar-refractivity contribution is 5.99. The minimum Gasteiger partial charge on any atom is -0.497 e. The molecule has 15 nitrogen and oxygen atoms in total. The summed E-state index contributed by atoms with van der Waals surface area (Å²) in [4.78, 5) is 30.7. The highest BCUT2D eigenvalue weighted by Crippen LogP contribution is 2.36. The molecule has 1 amide bonds. The SMILES string of the molecule is COc1ccc(Cn2c(-c3nc(C(=O)NCc4ccc(OC)cc4OC)cc4c3cnn4C)nnc2-c2c(OCc3ccccc3)c(C)nn2CC=O)cc1. The zero-order valence-corrected chi connectivity index (χ0v) is 31.0. The van der Waals surface area contributed by atoms with Gasteiger partial charge in [-0.25, -0.2) is 4.98 Å². The molecule has 7 rings (SSSR count). The maximum absolute atomic E-state index is 13.8. The second kappa shape index (κ2) is 15.9. The summed E-state index contributed by atoms with van der Waals surface area (Å²) in [6.45, 7) is 2.49. The number of nitrogens with one attached hydrogen (secondary N) is 1. The lowest BCUT2D eigenvalue weighted by Crippen LogP contribution is -2.24. The van der Waals surface area contributed by atoms with Crippen LogP contribution in [0.1, 0.15) is 32.9 Å². The largest absolute Gasteiger partial charge is 0.497 e. The summed E-state index contributed by atoms with van der Waals surface area (Å²) < 4.78 is 27.8. The molecule has 0 spiro atoms. The monoisotopic (exact) mass is 741 g/mol. The van der Waals surface area contributed by atoms with Gasteiger partial charge in [0.2, 0.25) is 0 Å². The number of amides is 1. The van der Waals surface area contributed by atoms with Crippen LogP contribution in [0.5, 0.6) is 23.0 Å². The van der Waals surface area contributed by atoms with Crippen LogP contribution < -0.4 is 24.3 Å². The number of hydrogen-bond donors (Lipinski definition) is 1. The number of carbonyl (C=O) groups excluding carboxylic acids is 2. The third kappa shape index (κ3) is 7.44. The summed E-state index contributed by atoms with van der Waals surface area (Å²) in [7, 11) is 6.54. The van der Waals surface area contributed by atoms with Gasteiger partial charge in [0.25, 0.3) is 5.91 Å². The number of ether oxygens (including phenoxy) is 4. The molecule has 55 heavy (non-hydrogen) atoms. The molecule has 0 bridgehead atoms. The number of benzene rings is 3. The maximum Gasteiger partial charge on any atom is 0.270 e. The molecule has 4 aromatic heterocycles. The van der Waals surface area contributed by atoms with Crippen LogP contribution in [0, 0.1) is 6.92 Å². The Kier molecular flexibility index (Phi) is 10.5. The number of rotatable bonds is 15. The molecule has 0 saturated carbocycles. The first-order valence-electron chi connectivity index (χ1n) is 17.4. The lowest BCUT2D eigenvalue weighted by molar-refractivity contribution is -0.108. The third-order valence-electron chi connectivity index (χ3n) is 9.13. The van der Waals surface area contributed by atoms with Crippen molar-refractivity contribution in [1.29, 1.82) is 0 Å². The number of pyridine rings is 1. The second-order valence-corrected chi connectivity index (χ2v) is 12.6. The number of aryl methyl sites for hydroxylation is 2. The Morgan fingerprint density at radius 3 is 2.35 bits per heavy atom. The average molecular weight is 742 g/mol. The Morgan fingerprint density at radius 1 is 0.873 bits per heavy atom. The molecule has 0 atom stereocenters. The van der Waals surface area contributed by atoms with Gasteiger partial charge < -0.3 is 29.1 Å². The van der Waals surface area contributed by atoms with Gasteiger partial charge in [0.05, 0.1) is 46.1 Å². The molecule has 0 aliphatic carbocycles. The van der Waals surface area contributed by atoms with Crippen LogP contribution in [-0.2, 0) is 38.1 Å². The van der Waals surface area contributed by atoms with Crippen LogP contribution in [0.15, 0.2) is 85.1 Å². The molecule has 0 aliphatic rings. The Balaban J connectivity index is 1.35. The summed E-state index contributed by atoms with van der Waals surface area (Å²) in [5, 5.41) is 22.2. The van der Waals surface area contributed by atoms with Crippen molar-refractivity contribution in [2.45, 2.75) is 33.2 Å². The highest BCUT2D eigenvalue weighted by atomic mass is 16.5. The molecule has 0 radical (unpaired) electrons. The van der Waals surface area contributed by atoms with Gasteiger partial charge >= 0.3 is 0 Å². The van der Waals surface area contributed by atoms with E-state index in [0.717, 1.165) is 23.0 Å². The van der Waals surface area contributed by atoms with Crippen molar-refractivity contribution in [3.63, 3.8) is 0 Å². The smallest absolute Gasteiger partial charge is 0.270 e. The molecule has 3 aromatic carbocycles. The van der Waals surface area contributed by atoms with Gasteiger partial charge in [-0.05, 0) is 48.4 Å². The van der Waals surface area contributed by atoms with Crippen LogP contribution >= 0.6 is 0 Å². The lowest BCUT2D eigenvalue weighted by Gasteiger charge is -2.15. The summed E-state index contributed by atoms with van der Waals surface area (Å²) in [6, 6.07) is 24.5. The van der Waals surface area contributed by atoms with Crippen molar-refractivity contribution in [3.8, 4) is 46.0 Å². The number of fused-ring (bicyclic) bond motifs is 1. The third-order valence-corrected chi connectivity index (χ3v) is 9.13. The van der Waals surface area contributed by atoms with Crippen LogP contribution in [-0.4, -0.2) is 72.8 Å². The number of aldehydes is 1. The average Bonchev–Trinajstić information content (AvgIpc) is 3.90. The molecular weight excluding hydrogens is 702 g/mol. The quantitative estimate of drug-likeness (QED) is 0.138. The van der Waals surface area contributed by atoms with Crippen molar-refractivity contribution in [1.82, 2.24) is 44.6 Å². The van der Waals surface area contributed by atoms with Crippen molar-refractivity contribution in [2.75, 3.05) is 21.3 Å². The Bertz CT molecular complexity index is 2470. The summed E-state index contributed by atoms with van der Waals surface area (Å²) in [5.74, 6) is 2.71. The first-order chi connectivity index (χ1) is 26.8. The van der Waals surface area contributed by atoms with E-state index in [-0.39, 0.29) is 31.9 Å². The molecule has 280 valence electrons. The fraction of sp³-hybridized carbons (Fsp3) is 0.225. The zero-order valence-electron chi connectivity index (χ0n) is 31.0. The second-order valence-electron chi connectivity index (χ2n) is 12.6. The Morgan fingerprint density at radius 2 is 1.62 bits per heavy atom. The van der Waals surface area contributed by atoms with E-state index in [1.807, 2.05) is 72.2 Å². The number of methoxy groups -OCH3 is 3. The molecule has 7 aromatic rings. The Hall–Kier alpha value is -7.03. The van der Waals surface area contributed by atoms with Gasteiger partial charge in [0, 0.05) is 30.6 Å². The molecule has 1 N–H and O–H groups in total. The minimum absolute atomic E-state index is 0.0463. The summed E-state index contributed by atoms with van der Waals surface area (Å²) >= 11 is 0. The van der Waals surface area contributed by atoms with E-state index in [1.165, 1.54) is 0 Å². The molecule has 15 heteroatoms. The summed E-state index contributed by atoms with van der Waals surface area (Å²) in [6.07, 6.45) is 2.45. The van der Waals surface area contributed by atoms with E-state index < -0.39 is 5.91 Å². The molecule has 0 aliphatic heterocycles. The van der Waals surface area contributed by atoms with Gasteiger partial charge in [-0.15, -0.1) is 10.2 Å². The van der Waals surface area contributed by atoms with Crippen LogP contribution in [0.4, 0.5) is 0 Å². The van der Waals surface area contributed by atoms with E-state index in [1.54, 1.807) is 62.1 Å². The molecule has 0 saturated heterocycles. The summed E-state index contributed by atoms with van der Waals surface area (Å²) in [5.41, 5.74) is 4.85. The number of hydrogen-bond acceptors (Lipinski definition) is 11. The van der Waals surface area contributed by atoms with E-state index in [9.17, 15) is 9.59 Å². The highest BCUT2D eigenvalue weighted by Gasteiger charge is 2.28. The molecule has 0 fully saturated rings. The van der Waals surface area contributed by atoms with Crippen molar-refractivity contribution in [3.05, 3.63) is 113 Å².